The fraction of sp³-hybridized carbons (Fsp3) is 0.412. The second kappa shape index (κ2) is 6.42. The molecule has 0 unspecified atom stereocenters. The van der Waals surface area contributed by atoms with Crippen LogP contribution in [-0.2, 0) is 19.5 Å². The van der Waals surface area contributed by atoms with Gasteiger partial charge in [0.05, 0.1) is 0 Å². The number of benzene rings is 1. The minimum absolute atomic E-state index is 0.969. The Labute approximate surface area is 125 Å². The minimum atomic E-state index is 0.969. The zero-order valence-corrected chi connectivity index (χ0v) is 12.9. The number of hydrogen-bond acceptors (Lipinski definition) is 3. The van der Waals surface area contributed by atoms with E-state index in [4.69, 9.17) is 0 Å². The van der Waals surface area contributed by atoms with Crippen LogP contribution in [0.2, 0.25) is 0 Å². The zero-order valence-electron chi connectivity index (χ0n) is 12.1. The smallest absolute Gasteiger partial charge is 0.0440 e. The number of nitrogens with one attached hydrogen (secondary N) is 1. The van der Waals surface area contributed by atoms with E-state index in [9.17, 15) is 0 Å². The largest absolute Gasteiger partial charge is 0.367 e. The van der Waals surface area contributed by atoms with Gasteiger partial charge in [0.15, 0.2) is 0 Å². The van der Waals surface area contributed by atoms with Crippen molar-refractivity contribution in [2.75, 3.05) is 18.0 Å². The van der Waals surface area contributed by atoms with Gasteiger partial charge in [-0.2, -0.15) is 0 Å². The van der Waals surface area contributed by atoms with Crippen molar-refractivity contribution in [3.8, 4) is 0 Å². The van der Waals surface area contributed by atoms with Crippen molar-refractivity contribution in [1.29, 1.82) is 0 Å². The number of thiophene rings is 1. The van der Waals surface area contributed by atoms with E-state index in [-0.39, 0.29) is 0 Å². The lowest BCUT2D eigenvalue weighted by Gasteiger charge is -2.31. The molecule has 1 aliphatic heterocycles. The van der Waals surface area contributed by atoms with Crippen molar-refractivity contribution in [3.63, 3.8) is 0 Å². The fourth-order valence-corrected chi connectivity index (χ4v) is 3.71. The van der Waals surface area contributed by atoms with Gasteiger partial charge in [0, 0.05) is 30.2 Å². The van der Waals surface area contributed by atoms with Crippen molar-refractivity contribution in [1.82, 2.24) is 5.32 Å². The van der Waals surface area contributed by atoms with Crippen molar-refractivity contribution < 1.29 is 0 Å². The number of hydrogen-bond donors (Lipinski definition) is 1. The molecule has 0 aliphatic carbocycles. The van der Waals surface area contributed by atoms with Gasteiger partial charge in [-0.15, -0.1) is 11.3 Å². The van der Waals surface area contributed by atoms with E-state index in [0.29, 0.717) is 0 Å². The van der Waals surface area contributed by atoms with Crippen LogP contribution in [0.25, 0.3) is 0 Å². The summed E-state index contributed by atoms with van der Waals surface area (Å²) in [4.78, 5) is 4.10. The maximum atomic E-state index is 3.52. The first kappa shape index (κ1) is 13.7. The van der Waals surface area contributed by atoms with E-state index in [1.54, 1.807) is 4.88 Å². The van der Waals surface area contributed by atoms with E-state index in [2.05, 4.69) is 52.9 Å². The number of nitrogens with zero attached hydrogens (tertiary/aromatic N) is 1. The molecule has 1 aliphatic rings. The molecule has 0 atom stereocenters. The van der Waals surface area contributed by atoms with Crippen LogP contribution in [0.5, 0.6) is 0 Å². The Kier molecular flexibility index (Phi) is 4.38. The Bertz CT molecular complexity index is 562. The maximum absolute atomic E-state index is 3.52. The van der Waals surface area contributed by atoms with E-state index >= 15 is 0 Å². The summed E-state index contributed by atoms with van der Waals surface area (Å²) in [5.41, 5.74) is 4.32. The lowest BCUT2D eigenvalue weighted by molar-refractivity contribution is 0.668. The highest BCUT2D eigenvalue weighted by atomic mass is 32.1. The monoisotopic (exact) mass is 286 g/mol. The van der Waals surface area contributed by atoms with Crippen LogP contribution in [-0.4, -0.2) is 13.1 Å². The van der Waals surface area contributed by atoms with Gasteiger partial charge in [0.1, 0.15) is 0 Å². The summed E-state index contributed by atoms with van der Waals surface area (Å²) < 4.78 is 0. The standard InChI is InChI=1S/C17H22N2S/c1-2-9-18-12-14-5-3-4-6-16(14)19-10-7-17-15(13-19)8-11-20-17/h3-6,8,11,18H,2,7,9-10,12-13H2,1H3. The van der Waals surface area contributed by atoms with Crippen LogP contribution in [0.15, 0.2) is 35.7 Å². The van der Waals surface area contributed by atoms with Gasteiger partial charge >= 0.3 is 0 Å². The third-order valence-corrected chi connectivity index (χ3v) is 4.91. The summed E-state index contributed by atoms with van der Waals surface area (Å²) in [6.07, 6.45) is 2.37. The second-order valence-electron chi connectivity index (χ2n) is 5.35. The molecule has 1 N–H and O–H groups in total. The van der Waals surface area contributed by atoms with E-state index in [1.807, 2.05) is 11.3 Å². The second-order valence-corrected chi connectivity index (χ2v) is 6.35. The van der Waals surface area contributed by atoms with Gasteiger partial charge in [0.25, 0.3) is 0 Å². The molecule has 20 heavy (non-hydrogen) atoms. The molecule has 0 bridgehead atoms. The first-order chi connectivity index (χ1) is 9.88. The lowest BCUT2D eigenvalue weighted by Crippen LogP contribution is -2.30. The van der Waals surface area contributed by atoms with Crippen LogP contribution >= 0.6 is 11.3 Å². The highest BCUT2D eigenvalue weighted by molar-refractivity contribution is 7.10. The quantitative estimate of drug-likeness (QED) is 0.841. The van der Waals surface area contributed by atoms with Gasteiger partial charge in [-0.25, -0.2) is 0 Å². The molecule has 1 aromatic carbocycles. The predicted octanol–water partition coefficient (Wildman–Crippen LogP) is 3.81. The highest BCUT2D eigenvalue weighted by Gasteiger charge is 2.19. The number of fused-ring (bicyclic) bond motifs is 1. The first-order valence-corrected chi connectivity index (χ1v) is 8.35. The van der Waals surface area contributed by atoms with Gasteiger partial charge in [0.2, 0.25) is 0 Å². The van der Waals surface area contributed by atoms with Crippen LogP contribution < -0.4 is 10.2 Å². The van der Waals surface area contributed by atoms with Crippen LogP contribution in [0, 0.1) is 0 Å². The number of anilines is 1. The Morgan fingerprint density at radius 2 is 2.15 bits per heavy atom. The first-order valence-electron chi connectivity index (χ1n) is 7.47. The molecule has 0 fully saturated rings. The summed E-state index contributed by atoms with van der Waals surface area (Å²) >= 11 is 1.90. The lowest BCUT2D eigenvalue weighted by atomic mass is 10.1. The molecule has 0 radical (unpaired) electrons. The zero-order chi connectivity index (χ0) is 13.8. The normalized spacial score (nSPS) is 14.3. The van der Waals surface area contributed by atoms with Crippen LogP contribution in [0.3, 0.4) is 0 Å². The Morgan fingerprint density at radius 1 is 1.25 bits per heavy atom. The van der Waals surface area contributed by atoms with E-state index in [0.717, 1.165) is 26.2 Å². The third-order valence-electron chi connectivity index (χ3n) is 3.88. The Hall–Kier alpha value is -1.32. The van der Waals surface area contributed by atoms with Crippen LogP contribution in [0.1, 0.15) is 29.3 Å². The topological polar surface area (TPSA) is 15.3 Å². The van der Waals surface area contributed by atoms with Crippen LogP contribution in [0.4, 0.5) is 5.69 Å². The van der Waals surface area contributed by atoms with Gasteiger partial charge in [-0.05, 0) is 48.0 Å². The van der Waals surface area contributed by atoms with Gasteiger partial charge < -0.3 is 10.2 Å². The minimum Gasteiger partial charge on any atom is -0.367 e. The van der Waals surface area contributed by atoms with E-state index < -0.39 is 0 Å². The predicted molar refractivity (Wildman–Crippen MR) is 87.5 cm³/mol. The van der Waals surface area contributed by atoms with Crippen molar-refractivity contribution in [2.24, 2.45) is 0 Å². The summed E-state index contributed by atoms with van der Waals surface area (Å²) in [6.45, 7) is 6.46. The molecule has 0 amide bonds. The van der Waals surface area contributed by atoms with E-state index in [1.165, 1.54) is 29.7 Å². The van der Waals surface area contributed by atoms with Crippen molar-refractivity contribution in [3.05, 3.63) is 51.7 Å². The molecule has 1 aromatic heterocycles. The molecule has 3 rings (SSSR count). The highest BCUT2D eigenvalue weighted by Crippen LogP contribution is 2.29. The Morgan fingerprint density at radius 3 is 3.05 bits per heavy atom. The molecule has 2 nitrogen and oxygen atoms in total. The average Bonchev–Trinajstić information content (AvgIpc) is 2.95. The third kappa shape index (κ3) is 2.89. The molecule has 106 valence electrons. The molecule has 0 saturated carbocycles. The molecule has 2 heterocycles. The molecule has 3 heteroatoms. The maximum Gasteiger partial charge on any atom is 0.0440 e. The SMILES string of the molecule is CCCNCc1ccccc1N1CCc2sccc2C1. The Balaban J connectivity index is 1.77. The number of para-hydroxylation sites is 1. The summed E-state index contributed by atoms with van der Waals surface area (Å²) in [5.74, 6) is 0. The van der Waals surface area contributed by atoms with Crippen molar-refractivity contribution in [2.45, 2.75) is 32.9 Å². The fourth-order valence-electron chi connectivity index (χ4n) is 2.82. The molecular formula is C17H22N2S. The van der Waals surface area contributed by atoms with Gasteiger partial charge in [-0.3, -0.25) is 0 Å². The molecule has 0 spiro atoms. The van der Waals surface area contributed by atoms with Crippen molar-refractivity contribution >= 4 is 17.0 Å². The summed E-state index contributed by atoms with van der Waals surface area (Å²) in [7, 11) is 0. The van der Waals surface area contributed by atoms with Gasteiger partial charge in [-0.1, -0.05) is 25.1 Å². The average molecular weight is 286 g/mol. The number of rotatable bonds is 5. The molecular weight excluding hydrogens is 264 g/mol. The summed E-state index contributed by atoms with van der Waals surface area (Å²) in [6, 6.07) is 11.1. The summed E-state index contributed by atoms with van der Waals surface area (Å²) in [5, 5.41) is 5.75. The molecule has 2 aromatic rings. The molecule has 0 saturated heterocycles.